The zero-order chi connectivity index (χ0) is 23.0. The van der Waals surface area contributed by atoms with E-state index in [4.69, 9.17) is 4.74 Å². The highest BCUT2D eigenvalue weighted by molar-refractivity contribution is 7.90. The lowest BCUT2D eigenvalue weighted by molar-refractivity contribution is -0.384. The number of methoxy groups -OCH3 is 1. The second kappa shape index (κ2) is 7.93. The zero-order valence-corrected chi connectivity index (χ0v) is 18.0. The van der Waals surface area contributed by atoms with Crippen LogP contribution < -0.4 is 4.74 Å². The first-order valence-electron chi connectivity index (χ1n) is 9.53. The lowest BCUT2D eigenvalue weighted by Crippen LogP contribution is -2.14. The standard InChI is InChI=1S/C23H18N2O6S/c1-15-16(14-26)8-10-20(23(15)25(27)28)22-13-17-12-18(31-2)9-11-21(17)24(22)32(29,30)19-6-4-3-5-7-19/h3-14H,1-2H3. The minimum atomic E-state index is -4.11. The topological polar surface area (TPSA) is 109 Å². The van der Waals surface area contributed by atoms with Crippen LogP contribution in [0, 0.1) is 17.0 Å². The highest BCUT2D eigenvalue weighted by Crippen LogP contribution is 2.39. The molecule has 4 rings (SSSR count). The number of fused-ring (bicyclic) bond motifs is 1. The summed E-state index contributed by atoms with van der Waals surface area (Å²) in [6.45, 7) is 1.47. The van der Waals surface area contributed by atoms with Crippen molar-refractivity contribution in [2.75, 3.05) is 7.11 Å². The van der Waals surface area contributed by atoms with Crippen LogP contribution in [0.15, 0.2) is 71.6 Å². The van der Waals surface area contributed by atoms with E-state index in [1.807, 2.05) is 0 Å². The molecule has 1 heterocycles. The van der Waals surface area contributed by atoms with Gasteiger partial charge in [-0.15, -0.1) is 0 Å². The van der Waals surface area contributed by atoms with Crippen LogP contribution in [0.25, 0.3) is 22.2 Å². The lowest BCUT2D eigenvalue weighted by Gasteiger charge is -2.14. The molecule has 0 fully saturated rings. The molecule has 0 aliphatic carbocycles. The highest BCUT2D eigenvalue weighted by atomic mass is 32.2. The van der Waals surface area contributed by atoms with Crippen LogP contribution in [0.5, 0.6) is 5.75 Å². The van der Waals surface area contributed by atoms with Crippen molar-refractivity contribution < 1.29 is 22.9 Å². The minimum absolute atomic E-state index is 0.0402. The van der Waals surface area contributed by atoms with Crippen molar-refractivity contribution in [2.45, 2.75) is 11.8 Å². The molecule has 9 heteroatoms. The number of nitro groups is 1. The average molecular weight is 450 g/mol. The summed E-state index contributed by atoms with van der Waals surface area (Å²) in [6.07, 6.45) is 0.535. The molecule has 8 nitrogen and oxygen atoms in total. The summed E-state index contributed by atoms with van der Waals surface area (Å²) in [5.41, 5.74) is 0.548. The Hall–Kier alpha value is -3.98. The van der Waals surface area contributed by atoms with Crippen molar-refractivity contribution >= 4 is 32.9 Å². The molecule has 0 aliphatic heterocycles. The molecule has 0 atom stereocenters. The fourth-order valence-electron chi connectivity index (χ4n) is 3.73. The first-order valence-corrected chi connectivity index (χ1v) is 11.0. The summed E-state index contributed by atoms with van der Waals surface area (Å²) < 4.78 is 33.7. The van der Waals surface area contributed by atoms with Crippen molar-refractivity contribution in [3.63, 3.8) is 0 Å². The number of carbonyl (C=O) groups excluding carboxylic acids is 1. The molecular weight excluding hydrogens is 432 g/mol. The van der Waals surface area contributed by atoms with Gasteiger partial charge < -0.3 is 4.74 Å². The van der Waals surface area contributed by atoms with Crippen LogP contribution >= 0.6 is 0 Å². The quantitative estimate of drug-likeness (QED) is 0.242. The molecule has 1 aromatic heterocycles. The van der Waals surface area contributed by atoms with Crippen LogP contribution in [0.3, 0.4) is 0 Å². The van der Waals surface area contributed by atoms with Crippen molar-refractivity contribution in [2.24, 2.45) is 0 Å². The van der Waals surface area contributed by atoms with Crippen molar-refractivity contribution in [3.05, 3.63) is 88.0 Å². The molecule has 0 spiro atoms. The predicted octanol–water partition coefficient (Wildman–Crippen LogP) is 4.58. The maximum absolute atomic E-state index is 13.7. The van der Waals surface area contributed by atoms with Gasteiger partial charge in [0.25, 0.3) is 15.7 Å². The van der Waals surface area contributed by atoms with E-state index in [1.54, 1.807) is 42.5 Å². The molecule has 0 unspecified atom stereocenters. The van der Waals surface area contributed by atoms with Gasteiger partial charge in [-0.25, -0.2) is 12.4 Å². The molecule has 0 radical (unpaired) electrons. The third-order valence-corrected chi connectivity index (χ3v) is 7.05. The Labute approximate surface area is 183 Å². The summed E-state index contributed by atoms with van der Waals surface area (Å²) in [5.74, 6) is 0.514. The van der Waals surface area contributed by atoms with Crippen LogP contribution in [0.4, 0.5) is 5.69 Å². The molecule has 32 heavy (non-hydrogen) atoms. The average Bonchev–Trinajstić information content (AvgIpc) is 3.18. The second-order valence-electron chi connectivity index (χ2n) is 7.09. The van der Waals surface area contributed by atoms with E-state index < -0.39 is 14.9 Å². The van der Waals surface area contributed by atoms with Gasteiger partial charge in [0.05, 0.1) is 33.7 Å². The number of aromatic nitrogens is 1. The monoisotopic (exact) mass is 450 g/mol. The summed E-state index contributed by atoms with van der Waals surface area (Å²) >= 11 is 0. The van der Waals surface area contributed by atoms with Crippen LogP contribution in [-0.4, -0.2) is 30.7 Å². The molecule has 162 valence electrons. The summed E-state index contributed by atoms with van der Waals surface area (Å²) in [6, 6.07) is 17.1. The number of carbonyl (C=O) groups is 1. The van der Waals surface area contributed by atoms with E-state index in [9.17, 15) is 23.3 Å². The molecule has 0 N–H and O–H groups in total. The van der Waals surface area contributed by atoms with Crippen LogP contribution in [0.1, 0.15) is 15.9 Å². The Balaban J connectivity index is 2.14. The largest absolute Gasteiger partial charge is 0.497 e. The van der Waals surface area contributed by atoms with Crippen molar-refractivity contribution in [3.8, 4) is 17.0 Å². The maximum Gasteiger partial charge on any atom is 0.282 e. The van der Waals surface area contributed by atoms with Gasteiger partial charge in [0, 0.05) is 16.5 Å². The number of benzene rings is 3. The van der Waals surface area contributed by atoms with Gasteiger partial charge in [-0.3, -0.25) is 14.9 Å². The van der Waals surface area contributed by atoms with E-state index in [0.717, 1.165) is 3.97 Å². The van der Waals surface area contributed by atoms with Gasteiger partial charge in [0.2, 0.25) is 0 Å². The van der Waals surface area contributed by atoms with Gasteiger partial charge in [-0.2, -0.15) is 0 Å². The van der Waals surface area contributed by atoms with Gasteiger partial charge >= 0.3 is 0 Å². The van der Waals surface area contributed by atoms with E-state index in [2.05, 4.69) is 0 Å². The van der Waals surface area contributed by atoms with Crippen molar-refractivity contribution in [1.82, 2.24) is 3.97 Å². The normalized spacial score (nSPS) is 11.4. The summed E-state index contributed by atoms with van der Waals surface area (Å²) in [7, 11) is -2.62. The number of aldehydes is 1. The molecule has 3 aromatic carbocycles. The first kappa shape index (κ1) is 21.3. The number of ether oxygens (including phenoxy) is 1. The molecule has 0 amide bonds. The van der Waals surface area contributed by atoms with Crippen molar-refractivity contribution in [1.29, 1.82) is 0 Å². The Kier molecular flexibility index (Phi) is 5.27. The molecule has 0 aliphatic rings. The zero-order valence-electron chi connectivity index (χ0n) is 17.2. The minimum Gasteiger partial charge on any atom is -0.497 e. The Bertz CT molecular complexity index is 1470. The molecule has 4 aromatic rings. The lowest BCUT2D eigenvalue weighted by atomic mass is 10.0. The Morgan fingerprint density at radius 1 is 1.03 bits per heavy atom. The number of nitrogens with zero attached hydrogens (tertiary/aromatic N) is 2. The first-order chi connectivity index (χ1) is 15.3. The number of hydrogen-bond acceptors (Lipinski definition) is 6. The Morgan fingerprint density at radius 2 is 1.75 bits per heavy atom. The van der Waals surface area contributed by atoms with Gasteiger partial charge in [0.1, 0.15) is 5.75 Å². The predicted molar refractivity (Wildman–Crippen MR) is 120 cm³/mol. The molecule has 0 bridgehead atoms. The summed E-state index contributed by atoms with van der Waals surface area (Å²) in [4.78, 5) is 22.7. The second-order valence-corrected chi connectivity index (χ2v) is 8.87. The Morgan fingerprint density at radius 3 is 2.38 bits per heavy atom. The molecule has 0 saturated heterocycles. The number of rotatable bonds is 6. The smallest absolute Gasteiger partial charge is 0.282 e. The molecule has 0 saturated carbocycles. The van der Waals surface area contributed by atoms with Gasteiger partial charge in [-0.1, -0.05) is 24.3 Å². The third kappa shape index (κ3) is 3.32. The van der Waals surface area contributed by atoms with Crippen LogP contribution in [0.2, 0.25) is 0 Å². The summed E-state index contributed by atoms with van der Waals surface area (Å²) in [5, 5.41) is 12.5. The number of nitro benzene ring substituents is 1. The van der Waals surface area contributed by atoms with Gasteiger partial charge in [0.15, 0.2) is 6.29 Å². The van der Waals surface area contributed by atoms with E-state index in [1.165, 1.54) is 38.3 Å². The SMILES string of the molecule is COc1ccc2c(c1)cc(-c1ccc(C=O)c(C)c1[N+](=O)[O-])n2S(=O)(=O)c1ccccc1. The molecular formula is C23H18N2O6S. The fourth-order valence-corrected chi connectivity index (χ4v) is 5.27. The van der Waals surface area contributed by atoms with Gasteiger partial charge in [-0.05, 0) is 49.4 Å². The van der Waals surface area contributed by atoms with E-state index in [-0.39, 0.29) is 33.0 Å². The fraction of sp³-hybridized carbons (Fsp3) is 0.0870. The van der Waals surface area contributed by atoms with E-state index in [0.29, 0.717) is 22.9 Å². The highest BCUT2D eigenvalue weighted by Gasteiger charge is 2.29. The number of hydrogen-bond donors (Lipinski definition) is 0. The third-order valence-electron chi connectivity index (χ3n) is 5.30. The maximum atomic E-state index is 13.7. The van der Waals surface area contributed by atoms with Crippen LogP contribution in [-0.2, 0) is 10.0 Å². The van der Waals surface area contributed by atoms with E-state index >= 15 is 0 Å².